The fourth-order valence-corrected chi connectivity index (χ4v) is 2.66. The van der Waals surface area contributed by atoms with Crippen LogP contribution in [0.25, 0.3) is 0 Å². The van der Waals surface area contributed by atoms with E-state index in [1.807, 2.05) is 6.92 Å². The molecule has 2 rings (SSSR count). The van der Waals surface area contributed by atoms with E-state index in [1.54, 1.807) is 0 Å². The number of carbonyl (C=O) groups is 1. The number of nitrogens with zero attached hydrogens (tertiary/aromatic N) is 1. The quantitative estimate of drug-likeness (QED) is 0.760. The lowest BCUT2D eigenvalue weighted by Gasteiger charge is -2.15. The maximum atomic E-state index is 12.0. The van der Waals surface area contributed by atoms with E-state index in [9.17, 15) is 4.79 Å². The monoisotopic (exact) mass is 250 g/mol. The Morgan fingerprint density at radius 2 is 2.33 bits per heavy atom. The van der Waals surface area contributed by atoms with Crippen LogP contribution in [0.2, 0.25) is 0 Å². The fourth-order valence-electron chi connectivity index (χ4n) is 2.66. The van der Waals surface area contributed by atoms with E-state index in [-0.39, 0.29) is 5.91 Å². The second-order valence-corrected chi connectivity index (χ2v) is 5.20. The van der Waals surface area contributed by atoms with E-state index >= 15 is 0 Å². The first kappa shape index (κ1) is 12.9. The Morgan fingerprint density at radius 1 is 1.56 bits per heavy atom. The van der Waals surface area contributed by atoms with Crippen molar-refractivity contribution in [3.8, 4) is 0 Å². The van der Waals surface area contributed by atoms with Gasteiger partial charge in [0.1, 0.15) is 0 Å². The summed E-state index contributed by atoms with van der Waals surface area (Å²) < 4.78 is 0. The Labute approximate surface area is 108 Å². The zero-order valence-corrected chi connectivity index (χ0v) is 11.1. The van der Waals surface area contributed by atoms with Gasteiger partial charge in [-0.1, -0.05) is 26.7 Å². The standard InChI is InChI=1S/C13H22N4O/c1-3-10-11(14)12(17-16-10)13(18)15-7-9-6-4-5-8(9)2/h8-9H,3-7,14H2,1-2H3,(H,15,18)(H,16,17). The molecule has 1 aromatic rings. The SMILES string of the molecule is CCc1[nH]nc(C(=O)NCC2CCCC2C)c1N. The number of nitrogens with two attached hydrogens (primary N) is 1. The second-order valence-electron chi connectivity index (χ2n) is 5.20. The van der Waals surface area contributed by atoms with E-state index in [0.29, 0.717) is 23.2 Å². The molecule has 1 aromatic heterocycles. The topological polar surface area (TPSA) is 83.8 Å². The normalized spacial score (nSPS) is 23.2. The van der Waals surface area contributed by atoms with E-state index in [1.165, 1.54) is 19.3 Å². The van der Waals surface area contributed by atoms with E-state index in [0.717, 1.165) is 18.7 Å². The molecule has 0 aliphatic heterocycles. The van der Waals surface area contributed by atoms with Gasteiger partial charge in [0.15, 0.2) is 5.69 Å². The highest BCUT2D eigenvalue weighted by molar-refractivity contribution is 5.97. The minimum atomic E-state index is -0.164. The molecule has 100 valence electrons. The molecule has 18 heavy (non-hydrogen) atoms. The highest BCUT2D eigenvalue weighted by atomic mass is 16.1. The molecular formula is C13H22N4O. The smallest absolute Gasteiger partial charge is 0.273 e. The van der Waals surface area contributed by atoms with Crippen molar-refractivity contribution >= 4 is 11.6 Å². The summed E-state index contributed by atoms with van der Waals surface area (Å²) in [6.07, 6.45) is 4.50. The third-order valence-corrected chi connectivity index (χ3v) is 4.02. The van der Waals surface area contributed by atoms with Crippen molar-refractivity contribution in [3.63, 3.8) is 0 Å². The van der Waals surface area contributed by atoms with Crippen LogP contribution < -0.4 is 11.1 Å². The lowest BCUT2D eigenvalue weighted by atomic mass is 9.98. The lowest BCUT2D eigenvalue weighted by Crippen LogP contribution is -2.31. The number of nitrogen functional groups attached to an aromatic ring is 1. The average molecular weight is 250 g/mol. The maximum absolute atomic E-state index is 12.0. The Kier molecular flexibility index (Phi) is 3.89. The largest absolute Gasteiger partial charge is 0.395 e. The number of aromatic amines is 1. The third-order valence-electron chi connectivity index (χ3n) is 4.02. The number of hydrogen-bond donors (Lipinski definition) is 3. The van der Waals surface area contributed by atoms with Crippen LogP contribution in [0.4, 0.5) is 5.69 Å². The van der Waals surface area contributed by atoms with Crippen molar-refractivity contribution in [1.82, 2.24) is 15.5 Å². The summed E-state index contributed by atoms with van der Waals surface area (Å²) >= 11 is 0. The summed E-state index contributed by atoms with van der Waals surface area (Å²) in [6.45, 7) is 4.96. The van der Waals surface area contributed by atoms with Crippen molar-refractivity contribution in [2.45, 2.75) is 39.5 Å². The molecule has 4 N–H and O–H groups in total. The molecule has 5 heteroatoms. The lowest BCUT2D eigenvalue weighted by molar-refractivity contribution is 0.0940. The van der Waals surface area contributed by atoms with Crippen molar-refractivity contribution in [3.05, 3.63) is 11.4 Å². The molecule has 1 aliphatic rings. The molecule has 1 saturated carbocycles. The first-order valence-corrected chi connectivity index (χ1v) is 6.74. The van der Waals surface area contributed by atoms with Crippen LogP contribution in [0.1, 0.15) is 49.3 Å². The minimum Gasteiger partial charge on any atom is -0.395 e. The van der Waals surface area contributed by atoms with Gasteiger partial charge in [-0.2, -0.15) is 5.10 Å². The van der Waals surface area contributed by atoms with Gasteiger partial charge < -0.3 is 11.1 Å². The first-order valence-electron chi connectivity index (χ1n) is 6.74. The van der Waals surface area contributed by atoms with Crippen LogP contribution in [-0.2, 0) is 6.42 Å². The fraction of sp³-hybridized carbons (Fsp3) is 0.692. The number of amides is 1. The number of nitrogens with one attached hydrogen (secondary N) is 2. The first-order chi connectivity index (χ1) is 8.63. The molecule has 1 aliphatic carbocycles. The van der Waals surface area contributed by atoms with Gasteiger partial charge in [0, 0.05) is 6.54 Å². The van der Waals surface area contributed by atoms with Crippen LogP contribution in [-0.4, -0.2) is 22.6 Å². The van der Waals surface area contributed by atoms with Gasteiger partial charge in [-0.15, -0.1) is 0 Å². The Morgan fingerprint density at radius 3 is 2.89 bits per heavy atom. The van der Waals surface area contributed by atoms with Gasteiger partial charge in [0.2, 0.25) is 0 Å². The number of H-pyrrole nitrogens is 1. The highest BCUT2D eigenvalue weighted by Gasteiger charge is 2.24. The van der Waals surface area contributed by atoms with Crippen molar-refractivity contribution < 1.29 is 4.79 Å². The van der Waals surface area contributed by atoms with Gasteiger partial charge in [-0.25, -0.2) is 0 Å². The van der Waals surface area contributed by atoms with E-state index < -0.39 is 0 Å². The molecule has 1 amide bonds. The zero-order valence-electron chi connectivity index (χ0n) is 11.1. The third kappa shape index (κ3) is 2.49. The molecule has 2 atom stereocenters. The number of carbonyl (C=O) groups excluding carboxylic acids is 1. The summed E-state index contributed by atoms with van der Waals surface area (Å²) in [5.74, 6) is 1.13. The number of aromatic nitrogens is 2. The zero-order chi connectivity index (χ0) is 13.1. The van der Waals surface area contributed by atoms with Crippen molar-refractivity contribution in [2.24, 2.45) is 11.8 Å². The molecule has 0 spiro atoms. The minimum absolute atomic E-state index is 0.164. The van der Waals surface area contributed by atoms with Crippen LogP contribution in [0.5, 0.6) is 0 Å². The summed E-state index contributed by atoms with van der Waals surface area (Å²) in [5, 5.41) is 9.74. The van der Waals surface area contributed by atoms with E-state index in [2.05, 4.69) is 22.4 Å². The van der Waals surface area contributed by atoms with Gasteiger partial charge in [0.25, 0.3) is 5.91 Å². The van der Waals surface area contributed by atoms with Crippen LogP contribution >= 0.6 is 0 Å². The summed E-state index contributed by atoms with van der Waals surface area (Å²) in [7, 11) is 0. The predicted octanol–water partition coefficient (Wildman–Crippen LogP) is 1.72. The molecular weight excluding hydrogens is 228 g/mol. The number of rotatable bonds is 4. The average Bonchev–Trinajstić information content (AvgIpc) is 2.92. The van der Waals surface area contributed by atoms with Gasteiger partial charge in [-0.05, 0) is 24.7 Å². The van der Waals surface area contributed by atoms with Crippen LogP contribution in [0.3, 0.4) is 0 Å². The number of hydrogen-bond acceptors (Lipinski definition) is 3. The molecule has 1 heterocycles. The molecule has 0 saturated heterocycles. The van der Waals surface area contributed by atoms with Crippen molar-refractivity contribution in [1.29, 1.82) is 0 Å². The van der Waals surface area contributed by atoms with Gasteiger partial charge >= 0.3 is 0 Å². The number of aryl methyl sites for hydroxylation is 1. The molecule has 0 radical (unpaired) electrons. The van der Waals surface area contributed by atoms with Crippen molar-refractivity contribution in [2.75, 3.05) is 12.3 Å². The highest BCUT2D eigenvalue weighted by Crippen LogP contribution is 2.30. The molecule has 1 fully saturated rings. The molecule has 0 bridgehead atoms. The van der Waals surface area contributed by atoms with Crippen LogP contribution in [0, 0.1) is 11.8 Å². The Bertz CT molecular complexity index is 427. The van der Waals surface area contributed by atoms with E-state index in [4.69, 9.17) is 5.73 Å². The summed E-state index contributed by atoms with van der Waals surface area (Å²) in [4.78, 5) is 12.0. The Balaban J connectivity index is 1.93. The Hall–Kier alpha value is -1.52. The maximum Gasteiger partial charge on any atom is 0.273 e. The second kappa shape index (κ2) is 5.42. The summed E-state index contributed by atoms with van der Waals surface area (Å²) in [6, 6.07) is 0. The predicted molar refractivity (Wildman–Crippen MR) is 71.2 cm³/mol. The van der Waals surface area contributed by atoms with Gasteiger partial charge in [0.05, 0.1) is 11.4 Å². The summed E-state index contributed by atoms with van der Waals surface area (Å²) in [5.41, 5.74) is 7.51. The molecule has 0 aromatic carbocycles. The van der Waals surface area contributed by atoms with Crippen LogP contribution in [0.15, 0.2) is 0 Å². The number of anilines is 1. The molecule has 5 nitrogen and oxygen atoms in total. The molecule has 2 unspecified atom stereocenters. The van der Waals surface area contributed by atoms with Gasteiger partial charge in [-0.3, -0.25) is 9.89 Å².